The van der Waals surface area contributed by atoms with Crippen molar-refractivity contribution in [3.8, 4) is 0 Å². The molecule has 18 heavy (non-hydrogen) atoms. The molecular formula is C14H25N3O. The van der Waals surface area contributed by atoms with E-state index in [1.54, 1.807) is 0 Å². The van der Waals surface area contributed by atoms with Crippen molar-refractivity contribution in [3.05, 3.63) is 17.2 Å². The van der Waals surface area contributed by atoms with E-state index in [1.165, 1.54) is 24.2 Å². The van der Waals surface area contributed by atoms with Crippen LogP contribution in [0.25, 0.3) is 0 Å². The standard InChI is InChI=1S/C14H25N3O/c1-3-15-12(8-9-18)10-17-11(2)16-13-6-4-5-7-14(13)17/h12,15,18H,3-10H2,1-2H3. The minimum Gasteiger partial charge on any atom is -0.396 e. The van der Waals surface area contributed by atoms with Crippen LogP contribution in [0.15, 0.2) is 0 Å². The van der Waals surface area contributed by atoms with E-state index in [2.05, 4.69) is 23.7 Å². The molecule has 0 fully saturated rings. The molecular weight excluding hydrogens is 226 g/mol. The van der Waals surface area contributed by atoms with E-state index < -0.39 is 0 Å². The highest BCUT2D eigenvalue weighted by atomic mass is 16.3. The summed E-state index contributed by atoms with van der Waals surface area (Å²) in [5.74, 6) is 1.13. The van der Waals surface area contributed by atoms with Crippen molar-refractivity contribution in [2.45, 2.75) is 58.5 Å². The van der Waals surface area contributed by atoms with Crippen LogP contribution >= 0.6 is 0 Å². The number of aliphatic hydroxyl groups excluding tert-OH is 1. The van der Waals surface area contributed by atoms with Gasteiger partial charge in [-0.15, -0.1) is 0 Å². The number of imidazole rings is 1. The second-order valence-corrected chi connectivity index (χ2v) is 5.14. The van der Waals surface area contributed by atoms with Crippen LogP contribution in [-0.4, -0.2) is 33.9 Å². The number of aryl methyl sites for hydroxylation is 2. The van der Waals surface area contributed by atoms with Crippen molar-refractivity contribution in [2.24, 2.45) is 0 Å². The first-order valence-corrected chi connectivity index (χ1v) is 7.15. The number of hydrogen-bond donors (Lipinski definition) is 2. The Hall–Kier alpha value is -0.870. The molecule has 0 aliphatic heterocycles. The molecule has 102 valence electrons. The number of hydrogen-bond acceptors (Lipinski definition) is 3. The van der Waals surface area contributed by atoms with Crippen LogP contribution < -0.4 is 5.32 Å². The first-order chi connectivity index (χ1) is 8.76. The van der Waals surface area contributed by atoms with Gasteiger partial charge in [-0.05, 0) is 45.6 Å². The number of rotatable bonds is 6. The average molecular weight is 251 g/mol. The monoisotopic (exact) mass is 251 g/mol. The Balaban J connectivity index is 2.14. The fraction of sp³-hybridized carbons (Fsp3) is 0.786. The maximum absolute atomic E-state index is 9.13. The molecule has 1 atom stereocenters. The summed E-state index contributed by atoms with van der Waals surface area (Å²) < 4.78 is 2.36. The van der Waals surface area contributed by atoms with Crippen LogP contribution in [0, 0.1) is 6.92 Å². The zero-order valence-electron chi connectivity index (χ0n) is 11.6. The minimum atomic E-state index is 0.244. The fourth-order valence-electron chi connectivity index (χ4n) is 2.90. The third kappa shape index (κ3) is 2.93. The minimum absolute atomic E-state index is 0.244. The molecule has 2 rings (SSSR count). The molecule has 1 aliphatic carbocycles. The number of aromatic nitrogens is 2. The molecule has 2 N–H and O–H groups in total. The lowest BCUT2D eigenvalue weighted by Crippen LogP contribution is -2.34. The van der Waals surface area contributed by atoms with Gasteiger partial charge in [0.15, 0.2) is 0 Å². The molecule has 0 amide bonds. The Labute approximate surface area is 109 Å². The molecule has 0 radical (unpaired) electrons. The summed E-state index contributed by atoms with van der Waals surface area (Å²) in [7, 11) is 0. The highest BCUT2D eigenvalue weighted by Crippen LogP contribution is 2.22. The third-order valence-electron chi connectivity index (χ3n) is 3.80. The van der Waals surface area contributed by atoms with E-state index >= 15 is 0 Å². The normalized spacial score (nSPS) is 16.6. The third-order valence-corrected chi connectivity index (χ3v) is 3.80. The van der Waals surface area contributed by atoms with Gasteiger partial charge in [0.05, 0.1) is 5.69 Å². The molecule has 1 unspecified atom stereocenters. The number of nitrogens with zero attached hydrogens (tertiary/aromatic N) is 2. The van der Waals surface area contributed by atoms with Gasteiger partial charge in [0.1, 0.15) is 5.82 Å². The van der Waals surface area contributed by atoms with Crippen molar-refractivity contribution in [3.63, 3.8) is 0 Å². The lowest BCUT2D eigenvalue weighted by atomic mass is 10.0. The predicted molar refractivity (Wildman–Crippen MR) is 72.8 cm³/mol. The molecule has 1 aromatic heterocycles. The van der Waals surface area contributed by atoms with Crippen LogP contribution in [0.2, 0.25) is 0 Å². The molecule has 4 heteroatoms. The molecule has 0 spiro atoms. The summed E-state index contributed by atoms with van der Waals surface area (Å²) in [5, 5.41) is 12.6. The second-order valence-electron chi connectivity index (χ2n) is 5.14. The van der Waals surface area contributed by atoms with Gasteiger partial charge in [0.25, 0.3) is 0 Å². The van der Waals surface area contributed by atoms with E-state index in [9.17, 15) is 0 Å². The van der Waals surface area contributed by atoms with Crippen LogP contribution in [0.4, 0.5) is 0 Å². The van der Waals surface area contributed by atoms with Crippen molar-refractivity contribution < 1.29 is 5.11 Å². The number of nitrogens with one attached hydrogen (secondary N) is 1. The van der Waals surface area contributed by atoms with Gasteiger partial charge in [-0.3, -0.25) is 0 Å². The maximum atomic E-state index is 9.13. The van der Waals surface area contributed by atoms with Crippen LogP contribution in [0.3, 0.4) is 0 Å². The van der Waals surface area contributed by atoms with Gasteiger partial charge >= 0.3 is 0 Å². The summed E-state index contributed by atoms with van der Waals surface area (Å²) in [5.41, 5.74) is 2.73. The highest BCUT2D eigenvalue weighted by Gasteiger charge is 2.19. The summed E-state index contributed by atoms with van der Waals surface area (Å²) in [6.45, 7) is 6.33. The maximum Gasteiger partial charge on any atom is 0.106 e. The first kappa shape index (κ1) is 13.6. The average Bonchev–Trinajstić information content (AvgIpc) is 2.67. The van der Waals surface area contributed by atoms with E-state index in [1.807, 2.05) is 0 Å². The Morgan fingerprint density at radius 1 is 1.39 bits per heavy atom. The molecule has 0 saturated heterocycles. The smallest absolute Gasteiger partial charge is 0.106 e. The van der Waals surface area contributed by atoms with Gasteiger partial charge in [0.2, 0.25) is 0 Å². The molecule has 0 bridgehead atoms. The van der Waals surface area contributed by atoms with Gasteiger partial charge in [0, 0.05) is 24.9 Å². The van der Waals surface area contributed by atoms with Crippen LogP contribution in [-0.2, 0) is 19.4 Å². The van der Waals surface area contributed by atoms with Crippen molar-refractivity contribution in [1.29, 1.82) is 0 Å². The summed E-state index contributed by atoms with van der Waals surface area (Å²) in [6.07, 6.45) is 5.66. The topological polar surface area (TPSA) is 50.1 Å². The van der Waals surface area contributed by atoms with E-state index in [4.69, 9.17) is 10.1 Å². The van der Waals surface area contributed by atoms with Gasteiger partial charge in [-0.1, -0.05) is 6.92 Å². The van der Waals surface area contributed by atoms with Crippen molar-refractivity contribution >= 4 is 0 Å². The van der Waals surface area contributed by atoms with Crippen LogP contribution in [0.1, 0.15) is 43.4 Å². The fourth-order valence-corrected chi connectivity index (χ4v) is 2.90. The SMILES string of the molecule is CCNC(CCO)Cn1c(C)nc2c1CCCC2. The Bertz CT molecular complexity index is 381. The van der Waals surface area contributed by atoms with Crippen LogP contribution in [0.5, 0.6) is 0 Å². The van der Waals surface area contributed by atoms with E-state index in [-0.39, 0.29) is 6.61 Å². The summed E-state index contributed by atoms with van der Waals surface area (Å²) in [6, 6.07) is 0.346. The Kier molecular flexibility index (Phi) is 4.78. The van der Waals surface area contributed by atoms with Crippen molar-refractivity contribution in [2.75, 3.05) is 13.2 Å². The first-order valence-electron chi connectivity index (χ1n) is 7.15. The summed E-state index contributed by atoms with van der Waals surface area (Å²) in [4.78, 5) is 4.70. The largest absolute Gasteiger partial charge is 0.396 e. The lowest BCUT2D eigenvalue weighted by molar-refractivity contribution is 0.256. The Morgan fingerprint density at radius 2 is 2.17 bits per heavy atom. The highest BCUT2D eigenvalue weighted by molar-refractivity contribution is 5.20. The van der Waals surface area contributed by atoms with E-state index in [0.29, 0.717) is 6.04 Å². The molecule has 4 nitrogen and oxygen atoms in total. The van der Waals surface area contributed by atoms with E-state index in [0.717, 1.165) is 38.2 Å². The molecule has 1 aromatic rings. The summed E-state index contributed by atoms with van der Waals surface area (Å²) >= 11 is 0. The zero-order chi connectivity index (χ0) is 13.0. The molecule has 0 aromatic carbocycles. The number of likely N-dealkylation sites (N-methyl/N-ethyl adjacent to an activating group) is 1. The Morgan fingerprint density at radius 3 is 2.89 bits per heavy atom. The molecule has 0 saturated carbocycles. The second kappa shape index (κ2) is 6.34. The number of aliphatic hydroxyl groups is 1. The van der Waals surface area contributed by atoms with Gasteiger partial charge in [-0.2, -0.15) is 0 Å². The molecule has 1 aliphatic rings. The lowest BCUT2D eigenvalue weighted by Gasteiger charge is -2.21. The quantitative estimate of drug-likeness (QED) is 0.804. The van der Waals surface area contributed by atoms with Gasteiger partial charge < -0.3 is 15.0 Å². The van der Waals surface area contributed by atoms with Crippen molar-refractivity contribution in [1.82, 2.24) is 14.9 Å². The zero-order valence-corrected chi connectivity index (χ0v) is 11.6. The van der Waals surface area contributed by atoms with Gasteiger partial charge in [-0.25, -0.2) is 4.98 Å². The molecule has 1 heterocycles. The predicted octanol–water partition coefficient (Wildman–Crippen LogP) is 1.43. The number of fused-ring (bicyclic) bond motifs is 1.